The Hall–Kier alpha value is -0.860. The molecule has 1 aliphatic carbocycles. The van der Waals surface area contributed by atoms with Crippen molar-refractivity contribution in [2.45, 2.75) is 63.5 Å². The fourth-order valence-corrected chi connectivity index (χ4v) is 3.49. The minimum absolute atomic E-state index is 0.388. The Kier molecular flexibility index (Phi) is 6.25. The van der Waals surface area contributed by atoms with Crippen LogP contribution in [0.5, 0.6) is 0 Å². The molecule has 21 heavy (non-hydrogen) atoms. The van der Waals surface area contributed by atoms with Crippen LogP contribution in [0.25, 0.3) is 0 Å². The van der Waals surface area contributed by atoms with E-state index in [1.54, 1.807) is 0 Å². The topological polar surface area (TPSA) is 15.3 Å². The second-order valence-corrected chi connectivity index (χ2v) is 6.99. The predicted octanol–water partition coefficient (Wildman–Crippen LogP) is 3.86. The van der Waals surface area contributed by atoms with Gasteiger partial charge in [0, 0.05) is 18.1 Å². The van der Waals surface area contributed by atoms with Crippen LogP contribution in [0, 0.1) is 0 Å². The molecule has 0 aromatic heterocycles. The first kappa shape index (κ1) is 16.5. The van der Waals surface area contributed by atoms with Gasteiger partial charge >= 0.3 is 0 Å². The first-order valence-corrected chi connectivity index (χ1v) is 8.57. The normalized spacial score (nSPS) is 19.6. The number of benzene rings is 1. The molecule has 0 saturated heterocycles. The van der Waals surface area contributed by atoms with Gasteiger partial charge in [-0.2, -0.15) is 0 Å². The van der Waals surface area contributed by atoms with Gasteiger partial charge in [-0.25, -0.2) is 0 Å². The van der Waals surface area contributed by atoms with Gasteiger partial charge in [-0.3, -0.25) is 0 Å². The standard InChI is InChI=1S/C19H32N2/c1-17(12-13-18-10-6-4-7-11-18)20-16-19(21(2)3)14-8-5-9-15-19/h4,6-7,10-11,17,20H,5,8-9,12-16H2,1-3H3. The third-order valence-corrected chi connectivity index (χ3v) is 5.22. The lowest BCUT2D eigenvalue weighted by molar-refractivity contribution is 0.0955. The number of nitrogens with zero attached hydrogens (tertiary/aromatic N) is 1. The second-order valence-electron chi connectivity index (χ2n) is 6.99. The van der Waals surface area contributed by atoms with Gasteiger partial charge in [0.05, 0.1) is 0 Å². The third-order valence-electron chi connectivity index (χ3n) is 5.22. The zero-order valence-electron chi connectivity index (χ0n) is 14.1. The summed E-state index contributed by atoms with van der Waals surface area (Å²) in [7, 11) is 4.50. The molecule has 0 heterocycles. The van der Waals surface area contributed by atoms with E-state index < -0.39 is 0 Å². The van der Waals surface area contributed by atoms with Gasteiger partial charge in [-0.05, 0) is 52.3 Å². The SMILES string of the molecule is CC(CCc1ccccc1)NCC1(N(C)C)CCCCC1. The largest absolute Gasteiger partial charge is 0.312 e. The lowest BCUT2D eigenvalue weighted by Gasteiger charge is -2.44. The van der Waals surface area contributed by atoms with Gasteiger partial charge in [0.25, 0.3) is 0 Å². The summed E-state index contributed by atoms with van der Waals surface area (Å²) in [4.78, 5) is 2.46. The van der Waals surface area contributed by atoms with E-state index in [-0.39, 0.29) is 0 Å². The Morgan fingerprint density at radius 3 is 2.38 bits per heavy atom. The molecule has 1 aromatic carbocycles. The molecule has 0 amide bonds. The fraction of sp³-hybridized carbons (Fsp3) is 0.684. The average Bonchev–Trinajstić information content (AvgIpc) is 2.52. The molecule has 1 aromatic rings. The Morgan fingerprint density at radius 2 is 1.76 bits per heavy atom. The van der Waals surface area contributed by atoms with Crippen LogP contribution >= 0.6 is 0 Å². The summed E-state index contributed by atoms with van der Waals surface area (Å²) in [5, 5.41) is 3.80. The molecular weight excluding hydrogens is 256 g/mol. The van der Waals surface area contributed by atoms with E-state index >= 15 is 0 Å². The van der Waals surface area contributed by atoms with Gasteiger partial charge in [-0.1, -0.05) is 49.6 Å². The van der Waals surface area contributed by atoms with Crippen LogP contribution in [0.1, 0.15) is 51.0 Å². The van der Waals surface area contributed by atoms with Crippen molar-refractivity contribution in [3.63, 3.8) is 0 Å². The molecule has 1 fully saturated rings. The highest BCUT2D eigenvalue weighted by atomic mass is 15.2. The zero-order chi connectivity index (χ0) is 15.1. The molecule has 1 unspecified atom stereocenters. The summed E-state index contributed by atoms with van der Waals surface area (Å²) in [6, 6.07) is 11.4. The number of nitrogens with one attached hydrogen (secondary N) is 1. The molecule has 0 aliphatic heterocycles. The van der Waals surface area contributed by atoms with E-state index in [0.29, 0.717) is 11.6 Å². The lowest BCUT2D eigenvalue weighted by atomic mass is 9.80. The fourth-order valence-electron chi connectivity index (χ4n) is 3.49. The van der Waals surface area contributed by atoms with Crippen LogP contribution < -0.4 is 5.32 Å². The zero-order valence-corrected chi connectivity index (χ0v) is 14.1. The molecule has 2 rings (SSSR count). The van der Waals surface area contributed by atoms with Gasteiger partial charge in [0.2, 0.25) is 0 Å². The predicted molar refractivity (Wildman–Crippen MR) is 91.7 cm³/mol. The highest BCUT2D eigenvalue weighted by Gasteiger charge is 2.33. The summed E-state index contributed by atoms with van der Waals surface area (Å²) in [5.74, 6) is 0. The summed E-state index contributed by atoms with van der Waals surface area (Å²) >= 11 is 0. The monoisotopic (exact) mass is 288 g/mol. The maximum Gasteiger partial charge on any atom is 0.0327 e. The maximum absolute atomic E-state index is 3.80. The van der Waals surface area contributed by atoms with Crippen LogP contribution in [0.2, 0.25) is 0 Å². The van der Waals surface area contributed by atoms with Crippen LogP contribution in [-0.4, -0.2) is 37.1 Å². The van der Waals surface area contributed by atoms with E-state index in [9.17, 15) is 0 Å². The first-order chi connectivity index (χ1) is 10.1. The Bertz CT molecular complexity index is 393. The van der Waals surface area contributed by atoms with Crippen molar-refractivity contribution in [1.82, 2.24) is 10.2 Å². The smallest absolute Gasteiger partial charge is 0.0327 e. The summed E-state index contributed by atoms with van der Waals surface area (Å²) < 4.78 is 0. The Morgan fingerprint density at radius 1 is 1.10 bits per heavy atom. The quantitative estimate of drug-likeness (QED) is 0.819. The minimum Gasteiger partial charge on any atom is -0.312 e. The highest BCUT2D eigenvalue weighted by Crippen LogP contribution is 2.31. The molecule has 2 heteroatoms. The van der Waals surface area contributed by atoms with Crippen LogP contribution in [0.4, 0.5) is 0 Å². The van der Waals surface area contributed by atoms with E-state index in [4.69, 9.17) is 0 Å². The second kappa shape index (κ2) is 7.95. The summed E-state index contributed by atoms with van der Waals surface area (Å²) in [6.45, 7) is 3.46. The van der Waals surface area contributed by atoms with Gasteiger partial charge in [0.15, 0.2) is 0 Å². The molecule has 0 radical (unpaired) electrons. The molecule has 118 valence electrons. The van der Waals surface area contributed by atoms with Gasteiger partial charge in [-0.15, -0.1) is 0 Å². The Balaban J connectivity index is 1.78. The first-order valence-electron chi connectivity index (χ1n) is 8.57. The highest BCUT2D eigenvalue weighted by molar-refractivity contribution is 5.14. The minimum atomic E-state index is 0.388. The average molecular weight is 288 g/mol. The number of likely N-dealkylation sites (N-methyl/N-ethyl adjacent to an activating group) is 1. The number of hydrogen-bond acceptors (Lipinski definition) is 2. The molecule has 1 aliphatic rings. The van der Waals surface area contributed by atoms with Gasteiger partial charge < -0.3 is 10.2 Å². The number of hydrogen-bond donors (Lipinski definition) is 1. The van der Waals surface area contributed by atoms with Crippen molar-refractivity contribution < 1.29 is 0 Å². The Labute approximate surface area is 130 Å². The van der Waals surface area contributed by atoms with Crippen molar-refractivity contribution in [2.75, 3.05) is 20.6 Å². The van der Waals surface area contributed by atoms with E-state index in [1.807, 2.05) is 0 Å². The molecule has 2 nitrogen and oxygen atoms in total. The molecule has 0 bridgehead atoms. The van der Waals surface area contributed by atoms with Gasteiger partial charge in [0.1, 0.15) is 0 Å². The van der Waals surface area contributed by atoms with Crippen molar-refractivity contribution in [2.24, 2.45) is 0 Å². The van der Waals surface area contributed by atoms with Crippen molar-refractivity contribution in [3.05, 3.63) is 35.9 Å². The van der Waals surface area contributed by atoms with E-state index in [2.05, 4.69) is 61.6 Å². The molecule has 1 saturated carbocycles. The van der Waals surface area contributed by atoms with Crippen LogP contribution in [-0.2, 0) is 6.42 Å². The van der Waals surface area contributed by atoms with Crippen LogP contribution in [0.3, 0.4) is 0 Å². The number of rotatable bonds is 7. The molecule has 1 N–H and O–H groups in total. The summed E-state index contributed by atoms with van der Waals surface area (Å²) in [5.41, 5.74) is 1.84. The number of aryl methyl sites for hydroxylation is 1. The molecule has 0 spiro atoms. The van der Waals surface area contributed by atoms with Crippen molar-refractivity contribution in [3.8, 4) is 0 Å². The summed E-state index contributed by atoms with van der Waals surface area (Å²) in [6.07, 6.45) is 9.27. The third kappa shape index (κ3) is 4.82. The molecular formula is C19H32N2. The van der Waals surface area contributed by atoms with Crippen molar-refractivity contribution in [1.29, 1.82) is 0 Å². The van der Waals surface area contributed by atoms with E-state index in [1.165, 1.54) is 50.5 Å². The maximum atomic E-state index is 3.80. The van der Waals surface area contributed by atoms with E-state index in [0.717, 1.165) is 6.54 Å². The molecule has 1 atom stereocenters. The van der Waals surface area contributed by atoms with Crippen LogP contribution in [0.15, 0.2) is 30.3 Å². The lowest BCUT2D eigenvalue weighted by Crippen LogP contribution is -2.54. The van der Waals surface area contributed by atoms with Crippen molar-refractivity contribution >= 4 is 0 Å².